The number of thioether (sulfide) groups is 1. The molecule has 1 fully saturated rings. The number of hydrogen-bond acceptors (Lipinski definition) is 6. The molecule has 9 nitrogen and oxygen atoms in total. The molecule has 0 saturated carbocycles. The second kappa shape index (κ2) is 12.9. The van der Waals surface area contributed by atoms with Crippen molar-refractivity contribution in [2.45, 2.75) is 45.5 Å². The largest absolute Gasteiger partial charge is 0.573 e. The lowest BCUT2D eigenvalue weighted by Gasteiger charge is -2.22. The van der Waals surface area contributed by atoms with Crippen LogP contribution in [0.25, 0.3) is 17.1 Å². The predicted molar refractivity (Wildman–Crippen MR) is 163 cm³/mol. The zero-order chi connectivity index (χ0) is 31.4. The first-order valence-corrected chi connectivity index (χ1v) is 14.8. The van der Waals surface area contributed by atoms with E-state index in [1.807, 2.05) is 69.3 Å². The van der Waals surface area contributed by atoms with Gasteiger partial charge in [0, 0.05) is 5.56 Å². The van der Waals surface area contributed by atoms with Crippen molar-refractivity contribution in [3.05, 3.63) is 90.3 Å². The number of nitrogens with one attached hydrogen (secondary N) is 1. The number of alkyl halides is 3. The molecular formula is C31H29F3N6O3S. The van der Waals surface area contributed by atoms with Crippen LogP contribution in [0.2, 0.25) is 0 Å². The number of anilines is 1. The number of hydrogen-bond donors (Lipinski definition) is 1. The van der Waals surface area contributed by atoms with E-state index in [1.54, 1.807) is 0 Å². The summed E-state index contributed by atoms with van der Waals surface area (Å²) in [6, 6.07) is 19.4. The van der Waals surface area contributed by atoms with E-state index in [1.165, 1.54) is 51.9 Å². The Kier molecular flexibility index (Phi) is 9.04. The van der Waals surface area contributed by atoms with Crippen LogP contribution in [0.15, 0.2) is 84.1 Å². The fraction of sp³-hybridized carbons (Fsp3) is 0.258. The van der Waals surface area contributed by atoms with Crippen molar-refractivity contribution in [1.82, 2.24) is 20.1 Å². The molecule has 0 bridgehead atoms. The molecule has 1 aromatic heterocycles. The predicted octanol–water partition coefficient (Wildman–Crippen LogP) is 7.25. The minimum absolute atomic E-state index is 0.124. The molecule has 4 aromatic rings. The highest BCUT2D eigenvalue weighted by atomic mass is 32.2. The third-order valence-electron chi connectivity index (χ3n) is 6.87. The van der Waals surface area contributed by atoms with Gasteiger partial charge in [-0.25, -0.2) is 14.5 Å². The van der Waals surface area contributed by atoms with E-state index in [2.05, 4.69) is 25.1 Å². The SMILES string of the molecule is CCC(NC(=O)/N=C1\SCC(=O)N1c1ccccc1C(C)C)c1ccc(-c2ncn(-c3ccc(OC(F)(F)F)cc3)n2)cc1. The minimum atomic E-state index is -4.77. The number of carbonyl (C=O) groups excluding carboxylic acids is 2. The van der Waals surface area contributed by atoms with Crippen molar-refractivity contribution in [2.24, 2.45) is 4.99 Å². The lowest BCUT2D eigenvalue weighted by Crippen LogP contribution is -2.33. The molecule has 13 heteroatoms. The van der Waals surface area contributed by atoms with Crippen molar-refractivity contribution >= 4 is 34.6 Å². The summed E-state index contributed by atoms with van der Waals surface area (Å²) in [5.41, 5.74) is 3.80. The van der Waals surface area contributed by atoms with Gasteiger partial charge < -0.3 is 10.1 Å². The molecule has 5 rings (SSSR count). The molecule has 3 aromatic carbocycles. The number of para-hydroxylation sites is 1. The first-order valence-electron chi connectivity index (χ1n) is 13.8. The van der Waals surface area contributed by atoms with E-state index in [4.69, 9.17) is 0 Å². The summed E-state index contributed by atoms with van der Waals surface area (Å²) >= 11 is 1.23. The van der Waals surface area contributed by atoms with Crippen molar-refractivity contribution in [2.75, 3.05) is 10.7 Å². The van der Waals surface area contributed by atoms with E-state index in [-0.39, 0.29) is 29.4 Å². The molecule has 1 aliphatic rings. The van der Waals surface area contributed by atoms with E-state index < -0.39 is 12.4 Å². The lowest BCUT2D eigenvalue weighted by molar-refractivity contribution is -0.274. The monoisotopic (exact) mass is 622 g/mol. The average molecular weight is 623 g/mol. The number of carbonyl (C=O) groups is 2. The normalized spacial score (nSPS) is 15.2. The van der Waals surface area contributed by atoms with Gasteiger partial charge in [-0.15, -0.1) is 18.3 Å². The first-order chi connectivity index (χ1) is 21.0. The number of urea groups is 1. The summed E-state index contributed by atoms with van der Waals surface area (Å²) < 4.78 is 42.6. The number of aliphatic imine (C=N–C) groups is 1. The highest BCUT2D eigenvalue weighted by Crippen LogP contribution is 2.33. The maximum Gasteiger partial charge on any atom is 0.573 e. The maximum absolute atomic E-state index is 13.0. The molecule has 1 aliphatic heterocycles. The smallest absolute Gasteiger partial charge is 0.406 e. The Hall–Kier alpha value is -4.65. The van der Waals surface area contributed by atoms with Crippen LogP contribution in [0.4, 0.5) is 23.7 Å². The molecule has 3 amide bonds. The third-order valence-corrected chi connectivity index (χ3v) is 7.79. The first kappa shape index (κ1) is 30.8. The molecule has 1 saturated heterocycles. The molecule has 1 N–H and O–H groups in total. The van der Waals surface area contributed by atoms with E-state index in [0.717, 1.165) is 16.8 Å². The Bertz CT molecular complexity index is 1670. The van der Waals surface area contributed by atoms with Gasteiger partial charge in [0.15, 0.2) is 11.0 Å². The number of ether oxygens (including phenoxy) is 1. The number of rotatable bonds is 8. The van der Waals surface area contributed by atoms with Crippen LogP contribution in [-0.2, 0) is 4.79 Å². The summed E-state index contributed by atoms with van der Waals surface area (Å²) in [6.45, 7) is 6.04. The van der Waals surface area contributed by atoms with E-state index in [0.29, 0.717) is 28.7 Å². The highest BCUT2D eigenvalue weighted by Gasteiger charge is 2.33. The van der Waals surface area contributed by atoms with Crippen molar-refractivity contribution in [1.29, 1.82) is 0 Å². The molecule has 228 valence electrons. The molecule has 44 heavy (non-hydrogen) atoms. The molecule has 1 unspecified atom stereocenters. The Labute approximate surface area is 256 Å². The van der Waals surface area contributed by atoms with Crippen molar-refractivity contribution in [3.8, 4) is 22.8 Å². The van der Waals surface area contributed by atoms with Gasteiger partial charge in [0.1, 0.15) is 12.1 Å². The minimum Gasteiger partial charge on any atom is -0.406 e. The lowest BCUT2D eigenvalue weighted by atomic mass is 10.0. The Morgan fingerprint density at radius 2 is 1.77 bits per heavy atom. The second-order valence-corrected chi connectivity index (χ2v) is 11.2. The Morgan fingerprint density at radius 1 is 1.07 bits per heavy atom. The number of halogens is 3. The van der Waals surface area contributed by atoms with Crippen LogP contribution in [0, 0.1) is 0 Å². The van der Waals surface area contributed by atoms with Crippen LogP contribution < -0.4 is 15.0 Å². The molecule has 1 atom stereocenters. The summed E-state index contributed by atoms with van der Waals surface area (Å²) in [5, 5.41) is 7.72. The van der Waals surface area contributed by atoms with Gasteiger partial charge >= 0.3 is 12.4 Å². The Balaban J connectivity index is 1.27. The van der Waals surface area contributed by atoms with E-state index >= 15 is 0 Å². The van der Waals surface area contributed by atoms with Gasteiger partial charge in [0.25, 0.3) is 0 Å². The molecule has 0 aliphatic carbocycles. The maximum atomic E-state index is 13.0. The standard InChI is InChI=1S/C31H29F3N6O3S/c1-4-25(36-29(42)37-30-40(27(41)17-44-30)26-8-6-5-7-24(26)19(2)3)20-9-11-21(12-10-20)28-35-18-39(38-28)22-13-15-23(16-14-22)43-31(32,33)34/h5-16,18-19,25H,4,17H2,1-3H3,(H,36,42)/b37-30-. The van der Waals surface area contributed by atoms with Crippen LogP contribution in [0.1, 0.15) is 50.3 Å². The van der Waals surface area contributed by atoms with Crippen LogP contribution >= 0.6 is 11.8 Å². The van der Waals surface area contributed by atoms with Gasteiger partial charge in [-0.1, -0.05) is 75.0 Å². The van der Waals surface area contributed by atoms with Crippen LogP contribution in [0.5, 0.6) is 5.75 Å². The van der Waals surface area contributed by atoms with Gasteiger partial charge in [0.2, 0.25) is 5.91 Å². The number of aromatic nitrogens is 3. The number of benzene rings is 3. The van der Waals surface area contributed by atoms with Gasteiger partial charge in [0.05, 0.1) is 23.2 Å². The second-order valence-electron chi connectivity index (χ2n) is 10.2. The summed E-state index contributed by atoms with van der Waals surface area (Å²) in [4.78, 5) is 35.9. The number of amides is 3. The van der Waals surface area contributed by atoms with Crippen LogP contribution in [-0.4, -0.2) is 44.0 Å². The van der Waals surface area contributed by atoms with Crippen molar-refractivity contribution in [3.63, 3.8) is 0 Å². The fourth-order valence-electron chi connectivity index (χ4n) is 4.74. The zero-order valence-corrected chi connectivity index (χ0v) is 24.9. The number of amidine groups is 1. The average Bonchev–Trinajstić information content (AvgIpc) is 3.62. The number of nitrogens with zero attached hydrogens (tertiary/aromatic N) is 5. The highest BCUT2D eigenvalue weighted by molar-refractivity contribution is 8.15. The summed E-state index contributed by atoms with van der Waals surface area (Å²) in [7, 11) is 0. The molecule has 2 heterocycles. The quantitative estimate of drug-likeness (QED) is 0.222. The molecular weight excluding hydrogens is 593 g/mol. The summed E-state index contributed by atoms with van der Waals surface area (Å²) in [5.74, 6) is 0.356. The fourth-order valence-corrected chi connectivity index (χ4v) is 5.59. The molecule has 0 radical (unpaired) electrons. The third kappa shape index (κ3) is 7.10. The summed E-state index contributed by atoms with van der Waals surface area (Å²) in [6.07, 6.45) is -2.70. The van der Waals surface area contributed by atoms with E-state index in [9.17, 15) is 22.8 Å². The van der Waals surface area contributed by atoms with Crippen LogP contribution in [0.3, 0.4) is 0 Å². The topological polar surface area (TPSA) is 102 Å². The Morgan fingerprint density at radius 3 is 2.43 bits per heavy atom. The van der Waals surface area contributed by atoms with Gasteiger partial charge in [-0.3, -0.25) is 9.69 Å². The van der Waals surface area contributed by atoms with Gasteiger partial charge in [-0.2, -0.15) is 4.99 Å². The zero-order valence-electron chi connectivity index (χ0n) is 24.1. The van der Waals surface area contributed by atoms with Crippen molar-refractivity contribution < 1.29 is 27.5 Å². The van der Waals surface area contributed by atoms with Gasteiger partial charge in [-0.05, 0) is 53.8 Å². The molecule has 0 spiro atoms.